The molecule has 1 amide bonds. The van der Waals surface area contributed by atoms with Crippen LogP contribution in [0.25, 0.3) is 0 Å². The summed E-state index contributed by atoms with van der Waals surface area (Å²) in [5.41, 5.74) is 6.22. The highest BCUT2D eigenvalue weighted by molar-refractivity contribution is 5.95. The van der Waals surface area contributed by atoms with Crippen molar-refractivity contribution in [3.8, 4) is 0 Å². The molecular formula is C13H20N4O3. The molecule has 0 spiro atoms. The van der Waals surface area contributed by atoms with E-state index >= 15 is 0 Å². The third-order valence-corrected chi connectivity index (χ3v) is 2.93. The summed E-state index contributed by atoms with van der Waals surface area (Å²) >= 11 is 0. The van der Waals surface area contributed by atoms with Gasteiger partial charge in [-0.3, -0.25) is 14.9 Å². The fourth-order valence-electron chi connectivity index (χ4n) is 1.76. The number of rotatable bonds is 7. The number of nitro benzene ring substituents is 1. The van der Waals surface area contributed by atoms with Gasteiger partial charge in [-0.1, -0.05) is 6.92 Å². The molecule has 0 heterocycles. The Kier molecular flexibility index (Phi) is 5.92. The molecule has 7 heteroatoms. The second-order valence-corrected chi connectivity index (χ2v) is 4.33. The van der Waals surface area contributed by atoms with Crippen molar-refractivity contribution in [1.29, 1.82) is 0 Å². The molecule has 1 unspecified atom stereocenters. The first-order chi connectivity index (χ1) is 9.53. The summed E-state index contributed by atoms with van der Waals surface area (Å²) in [4.78, 5) is 22.3. The van der Waals surface area contributed by atoms with Gasteiger partial charge in [0.05, 0.1) is 4.92 Å². The topological polar surface area (TPSA) is 110 Å². The van der Waals surface area contributed by atoms with Crippen LogP contribution in [-0.2, 0) is 0 Å². The number of nitro groups is 1. The third kappa shape index (κ3) is 3.92. The van der Waals surface area contributed by atoms with Crippen LogP contribution in [0.5, 0.6) is 0 Å². The molecule has 1 aromatic rings. The van der Waals surface area contributed by atoms with E-state index in [-0.39, 0.29) is 17.6 Å². The summed E-state index contributed by atoms with van der Waals surface area (Å²) in [6.45, 7) is 4.60. The van der Waals surface area contributed by atoms with Gasteiger partial charge in [-0.05, 0) is 25.5 Å². The number of nitrogens with two attached hydrogens (primary N) is 1. The number of carbonyl (C=O) groups excluding carboxylic acids is 1. The minimum Gasteiger partial charge on any atom is -0.375 e. The van der Waals surface area contributed by atoms with Crippen LogP contribution in [0.15, 0.2) is 18.2 Å². The molecule has 0 fully saturated rings. The van der Waals surface area contributed by atoms with E-state index in [1.54, 1.807) is 0 Å². The van der Waals surface area contributed by atoms with E-state index in [1.165, 1.54) is 18.2 Å². The van der Waals surface area contributed by atoms with Gasteiger partial charge in [-0.15, -0.1) is 0 Å². The van der Waals surface area contributed by atoms with Crippen molar-refractivity contribution in [3.63, 3.8) is 0 Å². The van der Waals surface area contributed by atoms with Gasteiger partial charge in [-0.25, -0.2) is 0 Å². The highest BCUT2D eigenvalue weighted by atomic mass is 16.6. The lowest BCUT2D eigenvalue weighted by atomic mass is 10.1. The summed E-state index contributed by atoms with van der Waals surface area (Å²) < 4.78 is 0. The zero-order valence-corrected chi connectivity index (χ0v) is 11.7. The van der Waals surface area contributed by atoms with Crippen molar-refractivity contribution >= 4 is 17.3 Å². The summed E-state index contributed by atoms with van der Waals surface area (Å²) in [5.74, 6) is -0.258. The maximum atomic E-state index is 11.8. The van der Waals surface area contributed by atoms with Gasteiger partial charge in [0, 0.05) is 30.8 Å². The SMILES string of the molecule is CCNC(=O)c1ccc([N+](=O)[O-])c(NC(CC)CN)c1. The van der Waals surface area contributed by atoms with Crippen molar-refractivity contribution in [3.05, 3.63) is 33.9 Å². The smallest absolute Gasteiger partial charge is 0.292 e. The van der Waals surface area contributed by atoms with Crippen LogP contribution in [0.1, 0.15) is 30.6 Å². The fourth-order valence-corrected chi connectivity index (χ4v) is 1.76. The zero-order chi connectivity index (χ0) is 15.1. The van der Waals surface area contributed by atoms with Gasteiger partial charge in [0.15, 0.2) is 0 Å². The molecule has 20 heavy (non-hydrogen) atoms. The number of amides is 1. The van der Waals surface area contributed by atoms with E-state index in [0.717, 1.165) is 6.42 Å². The lowest BCUT2D eigenvalue weighted by Gasteiger charge is -2.16. The molecule has 0 aliphatic heterocycles. The molecule has 1 aromatic carbocycles. The molecule has 0 aliphatic rings. The number of anilines is 1. The molecule has 0 bridgehead atoms. The molecule has 0 radical (unpaired) electrons. The van der Waals surface area contributed by atoms with Gasteiger partial charge >= 0.3 is 0 Å². The molecule has 4 N–H and O–H groups in total. The van der Waals surface area contributed by atoms with E-state index < -0.39 is 4.92 Å². The Morgan fingerprint density at radius 2 is 2.15 bits per heavy atom. The Labute approximate surface area is 117 Å². The highest BCUT2D eigenvalue weighted by Crippen LogP contribution is 2.26. The molecule has 7 nitrogen and oxygen atoms in total. The number of carbonyl (C=O) groups is 1. The molecule has 0 aromatic heterocycles. The third-order valence-electron chi connectivity index (χ3n) is 2.93. The molecule has 0 saturated carbocycles. The summed E-state index contributed by atoms with van der Waals surface area (Å²) in [7, 11) is 0. The van der Waals surface area contributed by atoms with Gasteiger partial charge in [0.2, 0.25) is 0 Å². The number of hydrogen-bond acceptors (Lipinski definition) is 5. The minimum atomic E-state index is -0.479. The summed E-state index contributed by atoms with van der Waals surface area (Å²) in [6.07, 6.45) is 0.735. The zero-order valence-electron chi connectivity index (χ0n) is 11.7. The Hall–Kier alpha value is -2.15. The van der Waals surface area contributed by atoms with Crippen molar-refractivity contribution in [2.24, 2.45) is 5.73 Å². The number of nitrogens with one attached hydrogen (secondary N) is 2. The van der Waals surface area contributed by atoms with Crippen LogP contribution >= 0.6 is 0 Å². The monoisotopic (exact) mass is 280 g/mol. The second-order valence-electron chi connectivity index (χ2n) is 4.33. The van der Waals surface area contributed by atoms with Crippen LogP contribution in [0, 0.1) is 10.1 Å². The predicted molar refractivity (Wildman–Crippen MR) is 77.9 cm³/mol. The van der Waals surface area contributed by atoms with Crippen molar-refractivity contribution in [2.45, 2.75) is 26.3 Å². The lowest BCUT2D eigenvalue weighted by Crippen LogP contribution is -2.28. The number of nitrogens with zero attached hydrogens (tertiary/aromatic N) is 1. The first-order valence-corrected chi connectivity index (χ1v) is 6.56. The van der Waals surface area contributed by atoms with Crippen LogP contribution in [0.2, 0.25) is 0 Å². The average Bonchev–Trinajstić information content (AvgIpc) is 2.44. The lowest BCUT2D eigenvalue weighted by molar-refractivity contribution is -0.384. The van der Waals surface area contributed by atoms with Gasteiger partial charge in [-0.2, -0.15) is 0 Å². The maximum Gasteiger partial charge on any atom is 0.292 e. The Bertz CT molecular complexity index is 487. The number of hydrogen-bond donors (Lipinski definition) is 3. The van der Waals surface area contributed by atoms with E-state index in [0.29, 0.717) is 24.3 Å². The largest absolute Gasteiger partial charge is 0.375 e. The van der Waals surface area contributed by atoms with E-state index in [4.69, 9.17) is 5.73 Å². The standard InChI is InChI=1S/C13H20N4O3/c1-3-10(8-14)16-11-7-9(13(18)15-4-2)5-6-12(11)17(19)20/h5-7,10,16H,3-4,8,14H2,1-2H3,(H,15,18). The van der Waals surface area contributed by atoms with Crippen LogP contribution in [0.3, 0.4) is 0 Å². The minimum absolute atomic E-state index is 0.0649. The fraction of sp³-hybridized carbons (Fsp3) is 0.462. The highest BCUT2D eigenvalue weighted by Gasteiger charge is 2.18. The summed E-state index contributed by atoms with van der Waals surface area (Å²) in [6, 6.07) is 4.19. The van der Waals surface area contributed by atoms with Crippen molar-refractivity contribution < 1.29 is 9.72 Å². The van der Waals surface area contributed by atoms with Crippen LogP contribution in [-0.4, -0.2) is 30.0 Å². The predicted octanol–water partition coefficient (Wildman–Crippen LogP) is 1.49. The normalized spacial score (nSPS) is 11.8. The molecule has 110 valence electrons. The van der Waals surface area contributed by atoms with Crippen LogP contribution in [0.4, 0.5) is 11.4 Å². The Morgan fingerprint density at radius 3 is 2.65 bits per heavy atom. The molecular weight excluding hydrogens is 260 g/mol. The van der Waals surface area contributed by atoms with E-state index in [1.807, 2.05) is 13.8 Å². The van der Waals surface area contributed by atoms with Crippen molar-refractivity contribution in [1.82, 2.24) is 5.32 Å². The second kappa shape index (κ2) is 7.44. The quantitative estimate of drug-likeness (QED) is 0.517. The van der Waals surface area contributed by atoms with E-state index in [2.05, 4.69) is 10.6 Å². The van der Waals surface area contributed by atoms with Gasteiger partial charge in [0.25, 0.3) is 11.6 Å². The molecule has 1 atom stereocenters. The van der Waals surface area contributed by atoms with Crippen LogP contribution < -0.4 is 16.4 Å². The average molecular weight is 280 g/mol. The van der Waals surface area contributed by atoms with Crippen molar-refractivity contribution in [2.75, 3.05) is 18.4 Å². The van der Waals surface area contributed by atoms with E-state index in [9.17, 15) is 14.9 Å². The molecule has 1 rings (SSSR count). The Balaban J connectivity index is 3.11. The maximum absolute atomic E-state index is 11.8. The van der Waals surface area contributed by atoms with Gasteiger partial charge < -0.3 is 16.4 Å². The first kappa shape index (κ1) is 15.9. The summed E-state index contributed by atoms with van der Waals surface area (Å²) in [5, 5.41) is 16.7. The number of benzene rings is 1. The molecule has 0 aliphatic carbocycles. The Morgan fingerprint density at radius 1 is 1.45 bits per heavy atom. The van der Waals surface area contributed by atoms with Gasteiger partial charge in [0.1, 0.15) is 5.69 Å². The first-order valence-electron chi connectivity index (χ1n) is 6.56. The molecule has 0 saturated heterocycles.